The molecule has 0 radical (unpaired) electrons. The first-order chi connectivity index (χ1) is 10.1. The van der Waals surface area contributed by atoms with E-state index >= 15 is 0 Å². The van der Waals surface area contributed by atoms with Gasteiger partial charge < -0.3 is 14.8 Å². The van der Waals surface area contributed by atoms with E-state index in [4.69, 9.17) is 0 Å². The molecule has 1 saturated heterocycles. The Bertz CT molecular complexity index is 616. The maximum absolute atomic E-state index is 13.5. The molecule has 1 aliphatic rings. The average molecular weight is 349 g/mol. The molecule has 0 aromatic heterocycles. The number of amides is 1. The van der Waals surface area contributed by atoms with Crippen LogP contribution >= 0.6 is 0 Å². The number of carboxylic acid groups (broad SMARTS) is 1. The van der Waals surface area contributed by atoms with Crippen LogP contribution in [0.15, 0.2) is 18.2 Å². The molecule has 1 aromatic carbocycles. The molecule has 1 unspecified atom stereocenters. The molecule has 0 aliphatic carbocycles. The Hall–Kier alpha value is -0.344. The van der Waals surface area contributed by atoms with E-state index in [0.717, 1.165) is 23.1 Å². The number of halogens is 2. The van der Waals surface area contributed by atoms with E-state index in [0.29, 0.717) is 12.8 Å². The van der Waals surface area contributed by atoms with Crippen molar-refractivity contribution in [3.63, 3.8) is 0 Å². The summed E-state index contributed by atoms with van der Waals surface area (Å²) in [5, 5.41) is 11.0. The number of carbonyl (C=O) groups excluding carboxylic acids is 2. The molecule has 2 rings (SSSR count). The summed E-state index contributed by atoms with van der Waals surface area (Å²) in [5.41, 5.74) is -1.56. The molecule has 1 fully saturated rings. The minimum Gasteiger partial charge on any atom is -0.548 e. The van der Waals surface area contributed by atoms with Crippen molar-refractivity contribution in [1.29, 1.82) is 0 Å². The zero-order valence-electron chi connectivity index (χ0n) is 13.8. The van der Waals surface area contributed by atoms with Gasteiger partial charge in [-0.1, -0.05) is 13.8 Å². The largest absolute Gasteiger partial charge is 1.00 e. The van der Waals surface area contributed by atoms with E-state index in [2.05, 4.69) is 0 Å². The summed E-state index contributed by atoms with van der Waals surface area (Å²) in [6.45, 7) is 4.46. The van der Waals surface area contributed by atoms with E-state index in [9.17, 15) is 23.5 Å². The number of hydrogen-bond donors (Lipinski definition) is 0. The van der Waals surface area contributed by atoms with Gasteiger partial charge in [-0.15, -0.1) is 0 Å². The van der Waals surface area contributed by atoms with Gasteiger partial charge in [0.2, 0.25) is 5.91 Å². The zero-order chi connectivity index (χ0) is 16.7. The fourth-order valence-corrected chi connectivity index (χ4v) is 2.93. The summed E-state index contributed by atoms with van der Waals surface area (Å²) < 4.78 is 27.0. The number of benzene rings is 1. The molecule has 0 N–H and O–H groups in total. The number of likely N-dealkylation sites (tertiary alicyclic amines) is 1. The van der Waals surface area contributed by atoms with Gasteiger partial charge >= 0.3 is 51.4 Å². The molecule has 1 atom stereocenters. The van der Waals surface area contributed by atoms with Crippen molar-refractivity contribution in [1.82, 2.24) is 4.90 Å². The smallest absolute Gasteiger partial charge is 0.548 e. The van der Waals surface area contributed by atoms with Crippen LogP contribution in [0.2, 0.25) is 0 Å². The van der Waals surface area contributed by atoms with E-state index < -0.39 is 35.1 Å². The topological polar surface area (TPSA) is 60.4 Å². The summed E-state index contributed by atoms with van der Waals surface area (Å²) in [4.78, 5) is 24.8. The van der Waals surface area contributed by atoms with E-state index in [1.165, 1.54) is 0 Å². The van der Waals surface area contributed by atoms with Crippen LogP contribution in [0, 0.1) is 17.0 Å². The van der Waals surface area contributed by atoms with Gasteiger partial charge in [-0.3, -0.25) is 4.79 Å². The molecule has 120 valence electrons. The predicted octanol–water partition coefficient (Wildman–Crippen LogP) is -1.42. The Morgan fingerprint density at radius 3 is 2.17 bits per heavy atom. The maximum atomic E-state index is 13.5. The van der Waals surface area contributed by atoms with Crippen molar-refractivity contribution in [2.45, 2.75) is 39.2 Å². The molecule has 0 saturated carbocycles. The van der Waals surface area contributed by atoms with Crippen LogP contribution in [-0.2, 0) is 15.1 Å². The first kappa shape index (κ1) is 20.7. The molecule has 1 aromatic rings. The van der Waals surface area contributed by atoms with Gasteiger partial charge in [0.05, 0.1) is 18.1 Å². The predicted molar refractivity (Wildman–Crippen MR) is 73.4 cm³/mol. The van der Waals surface area contributed by atoms with Gasteiger partial charge in [0, 0.05) is 11.5 Å². The quantitative estimate of drug-likeness (QED) is 0.630. The Balaban J connectivity index is 0.00000264. The van der Waals surface area contributed by atoms with Gasteiger partial charge in [-0.25, -0.2) is 8.78 Å². The average Bonchev–Trinajstić information content (AvgIpc) is 2.39. The summed E-state index contributed by atoms with van der Waals surface area (Å²) in [5.74, 6) is -3.30. The van der Waals surface area contributed by atoms with Crippen LogP contribution in [0.3, 0.4) is 0 Å². The van der Waals surface area contributed by atoms with Crippen molar-refractivity contribution < 1.29 is 74.9 Å². The van der Waals surface area contributed by atoms with Crippen molar-refractivity contribution in [3.8, 4) is 0 Å². The first-order valence-electron chi connectivity index (χ1n) is 7.05. The SMILES string of the molecule is CC1(C)CCC(C)(c2cc(F)cc(F)c2)N(CC(=O)[O-])C1=O.[K+]. The second kappa shape index (κ2) is 7.27. The molecule has 23 heavy (non-hydrogen) atoms. The molecular formula is C16H18F2KNO3. The Kier molecular flexibility index (Phi) is 6.54. The number of aliphatic carboxylic acids is 1. The van der Waals surface area contributed by atoms with E-state index in [1.54, 1.807) is 20.8 Å². The number of carboxylic acids is 1. The zero-order valence-corrected chi connectivity index (χ0v) is 16.9. The van der Waals surface area contributed by atoms with Crippen LogP contribution in [-0.4, -0.2) is 23.3 Å². The molecule has 1 aliphatic heterocycles. The molecule has 4 nitrogen and oxygen atoms in total. The van der Waals surface area contributed by atoms with Crippen LogP contribution in [0.25, 0.3) is 0 Å². The fraction of sp³-hybridized carbons (Fsp3) is 0.500. The number of nitrogens with zero attached hydrogens (tertiary/aromatic N) is 1. The first-order valence-corrected chi connectivity index (χ1v) is 7.05. The second-order valence-electron chi connectivity index (χ2n) is 6.58. The van der Waals surface area contributed by atoms with Gasteiger partial charge in [0.15, 0.2) is 0 Å². The molecule has 1 amide bonds. The van der Waals surface area contributed by atoms with Crippen molar-refractivity contribution in [3.05, 3.63) is 35.4 Å². The number of rotatable bonds is 3. The van der Waals surface area contributed by atoms with Gasteiger partial charge in [-0.05, 0) is 37.5 Å². The van der Waals surface area contributed by atoms with Crippen LogP contribution in [0.1, 0.15) is 39.2 Å². The number of piperidine rings is 1. The van der Waals surface area contributed by atoms with Crippen LogP contribution in [0.5, 0.6) is 0 Å². The Morgan fingerprint density at radius 1 is 1.17 bits per heavy atom. The van der Waals surface area contributed by atoms with Gasteiger partial charge in [0.25, 0.3) is 0 Å². The molecule has 1 heterocycles. The van der Waals surface area contributed by atoms with Crippen molar-refractivity contribution >= 4 is 11.9 Å². The third kappa shape index (κ3) is 4.20. The third-order valence-electron chi connectivity index (χ3n) is 4.43. The van der Waals surface area contributed by atoms with E-state index in [-0.39, 0.29) is 62.9 Å². The summed E-state index contributed by atoms with van der Waals surface area (Å²) in [6.07, 6.45) is 0.895. The summed E-state index contributed by atoms with van der Waals surface area (Å²) in [7, 11) is 0. The molecular weight excluding hydrogens is 331 g/mol. The van der Waals surface area contributed by atoms with Gasteiger partial charge in [0.1, 0.15) is 11.6 Å². The minimum absolute atomic E-state index is 0. The van der Waals surface area contributed by atoms with Crippen molar-refractivity contribution in [2.24, 2.45) is 5.41 Å². The molecule has 7 heteroatoms. The maximum Gasteiger partial charge on any atom is 1.00 e. The number of carbonyl (C=O) groups is 2. The van der Waals surface area contributed by atoms with Crippen LogP contribution < -0.4 is 56.5 Å². The monoisotopic (exact) mass is 349 g/mol. The Morgan fingerprint density at radius 2 is 1.70 bits per heavy atom. The molecule has 0 spiro atoms. The summed E-state index contributed by atoms with van der Waals surface area (Å²) in [6, 6.07) is 3.01. The standard InChI is InChI=1S/C16H19F2NO3.K/c1-15(2)4-5-16(3,19(14(15)22)9-13(20)21)10-6-11(17)8-12(18)7-10;/h6-8H,4-5,9H2,1-3H3,(H,20,21);/q;+1/p-1. The van der Waals surface area contributed by atoms with Crippen molar-refractivity contribution in [2.75, 3.05) is 6.54 Å². The second-order valence-corrected chi connectivity index (χ2v) is 6.58. The fourth-order valence-electron chi connectivity index (χ4n) is 2.93. The minimum atomic E-state index is -1.41. The normalized spacial score (nSPS) is 23.3. The molecule has 0 bridgehead atoms. The Labute approximate surface area is 176 Å². The van der Waals surface area contributed by atoms with E-state index in [1.807, 2.05) is 0 Å². The number of hydrogen-bond acceptors (Lipinski definition) is 3. The third-order valence-corrected chi connectivity index (χ3v) is 4.43. The van der Waals surface area contributed by atoms with Crippen LogP contribution in [0.4, 0.5) is 8.78 Å². The van der Waals surface area contributed by atoms with Gasteiger partial charge in [-0.2, -0.15) is 0 Å². The summed E-state index contributed by atoms with van der Waals surface area (Å²) >= 11 is 0.